The Hall–Kier alpha value is -3.76. The second-order valence-corrected chi connectivity index (χ2v) is 8.64. The molecule has 0 bridgehead atoms. The van der Waals surface area contributed by atoms with Gasteiger partial charge >= 0.3 is 0 Å². The molecular weight excluding hydrogens is 458 g/mol. The summed E-state index contributed by atoms with van der Waals surface area (Å²) in [5, 5.41) is 2.50. The number of aromatic nitrogens is 3. The molecule has 152 valence electrons. The summed E-state index contributed by atoms with van der Waals surface area (Å²) in [6.45, 7) is 0. The zero-order valence-electron chi connectivity index (χ0n) is 17.1. The lowest BCUT2D eigenvalue weighted by Crippen LogP contribution is -1.93. The van der Waals surface area contributed by atoms with Crippen LogP contribution in [0.4, 0.5) is 0 Å². The van der Waals surface area contributed by atoms with Crippen molar-refractivity contribution in [3.8, 4) is 28.2 Å². The number of hydrogen-bond donors (Lipinski definition) is 0. The van der Waals surface area contributed by atoms with Crippen LogP contribution in [0, 0.1) is 0 Å². The highest BCUT2D eigenvalue weighted by molar-refractivity contribution is 9.10. The fourth-order valence-electron chi connectivity index (χ4n) is 4.34. The molecule has 3 nitrogen and oxygen atoms in total. The summed E-state index contributed by atoms with van der Waals surface area (Å²) in [6.07, 6.45) is 3.54. The molecule has 0 radical (unpaired) electrons. The minimum atomic E-state index is 0.717. The molecule has 4 aromatic carbocycles. The van der Waals surface area contributed by atoms with E-state index in [0.717, 1.165) is 32.7 Å². The van der Waals surface area contributed by atoms with Crippen LogP contribution in [0.2, 0.25) is 0 Å². The summed E-state index contributed by atoms with van der Waals surface area (Å²) in [4.78, 5) is 8.84. The van der Waals surface area contributed by atoms with E-state index in [9.17, 15) is 0 Å². The van der Waals surface area contributed by atoms with Crippen LogP contribution >= 0.6 is 15.9 Å². The van der Waals surface area contributed by atoms with Gasteiger partial charge in [0.05, 0.1) is 11.0 Å². The van der Waals surface area contributed by atoms with E-state index in [4.69, 9.17) is 0 Å². The van der Waals surface area contributed by atoms with Crippen LogP contribution < -0.4 is 0 Å². The minimum absolute atomic E-state index is 0.717. The normalized spacial score (nSPS) is 11.3. The van der Waals surface area contributed by atoms with Gasteiger partial charge in [-0.3, -0.25) is 0 Å². The average molecular weight is 476 g/mol. The summed E-state index contributed by atoms with van der Waals surface area (Å²) in [5.74, 6) is 0.717. The second kappa shape index (κ2) is 7.74. The summed E-state index contributed by atoms with van der Waals surface area (Å²) in [6, 6.07) is 34.0. The number of fused-ring (bicyclic) bond motifs is 3. The van der Waals surface area contributed by atoms with Crippen LogP contribution in [0.5, 0.6) is 0 Å². The Kier molecular flexibility index (Phi) is 4.58. The van der Waals surface area contributed by atoms with E-state index in [1.165, 1.54) is 21.8 Å². The van der Waals surface area contributed by atoms with Crippen LogP contribution in [-0.4, -0.2) is 14.5 Å². The topological polar surface area (TPSA) is 30.7 Å². The number of rotatable bonds is 3. The first kappa shape index (κ1) is 19.0. The predicted molar refractivity (Wildman–Crippen MR) is 135 cm³/mol. The van der Waals surface area contributed by atoms with Gasteiger partial charge in [0.15, 0.2) is 5.82 Å². The van der Waals surface area contributed by atoms with Gasteiger partial charge in [0.25, 0.3) is 0 Å². The molecule has 32 heavy (non-hydrogen) atoms. The fourth-order valence-corrected chi connectivity index (χ4v) is 4.83. The summed E-state index contributed by atoms with van der Waals surface area (Å²) in [7, 11) is 0. The van der Waals surface area contributed by atoms with Crippen molar-refractivity contribution in [2.45, 2.75) is 0 Å². The molecule has 0 aliphatic rings. The Morgan fingerprint density at radius 3 is 2.12 bits per heavy atom. The molecule has 0 spiro atoms. The maximum absolute atomic E-state index is 4.42. The predicted octanol–water partition coefficient (Wildman–Crippen LogP) is 7.67. The summed E-state index contributed by atoms with van der Waals surface area (Å²) < 4.78 is 3.34. The smallest absolute Gasteiger partial charge is 0.159 e. The van der Waals surface area contributed by atoms with Crippen molar-refractivity contribution in [3.63, 3.8) is 0 Å². The number of halogens is 1. The highest BCUT2D eigenvalue weighted by Crippen LogP contribution is 2.36. The van der Waals surface area contributed by atoms with Gasteiger partial charge in [-0.2, -0.15) is 0 Å². The quantitative estimate of drug-likeness (QED) is 0.262. The molecule has 2 aromatic heterocycles. The third-order valence-electron chi connectivity index (χ3n) is 5.74. The molecular formula is C28H18BrN3. The molecule has 6 rings (SSSR count). The van der Waals surface area contributed by atoms with Gasteiger partial charge in [-0.1, -0.05) is 64.5 Å². The van der Waals surface area contributed by atoms with Crippen molar-refractivity contribution in [2.75, 3.05) is 0 Å². The van der Waals surface area contributed by atoms with Crippen molar-refractivity contribution in [1.82, 2.24) is 14.5 Å². The Labute approximate surface area is 194 Å². The lowest BCUT2D eigenvalue weighted by atomic mass is 10.0. The van der Waals surface area contributed by atoms with Crippen LogP contribution in [0.3, 0.4) is 0 Å². The number of para-hydroxylation sites is 2. The largest absolute Gasteiger partial charge is 0.309 e. The van der Waals surface area contributed by atoms with Gasteiger partial charge in [0, 0.05) is 38.9 Å². The van der Waals surface area contributed by atoms with Gasteiger partial charge < -0.3 is 4.57 Å². The minimum Gasteiger partial charge on any atom is -0.309 e. The third-order valence-corrected chi connectivity index (χ3v) is 6.20. The first-order chi connectivity index (χ1) is 15.8. The van der Waals surface area contributed by atoms with Crippen molar-refractivity contribution in [3.05, 3.63) is 114 Å². The average Bonchev–Trinajstić information content (AvgIpc) is 3.18. The van der Waals surface area contributed by atoms with E-state index in [0.29, 0.717) is 0 Å². The zero-order valence-corrected chi connectivity index (χ0v) is 18.7. The number of benzene rings is 4. The van der Waals surface area contributed by atoms with Gasteiger partial charge in [0.1, 0.15) is 0 Å². The van der Waals surface area contributed by atoms with Gasteiger partial charge in [-0.25, -0.2) is 9.97 Å². The Bertz CT molecular complexity index is 1570. The molecule has 2 heterocycles. The molecule has 0 amide bonds. The molecule has 0 atom stereocenters. The Morgan fingerprint density at radius 2 is 1.28 bits per heavy atom. The standard InChI is InChI=1S/C28H18BrN3/c29-22-16-20(15-21(17-22)28-30-13-6-14-31-28)19-11-12-25-24-9-4-5-10-26(24)32(27(25)18-19)23-7-2-1-3-8-23/h1-18H. The third kappa shape index (κ3) is 3.20. The molecule has 0 aliphatic heterocycles. The van der Waals surface area contributed by atoms with Crippen molar-refractivity contribution >= 4 is 37.7 Å². The Morgan fingerprint density at radius 1 is 0.562 bits per heavy atom. The highest BCUT2D eigenvalue weighted by atomic mass is 79.9. The lowest BCUT2D eigenvalue weighted by molar-refractivity contribution is 1.17. The zero-order chi connectivity index (χ0) is 21.5. The molecule has 0 unspecified atom stereocenters. The van der Waals surface area contributed by atoms with E-state index in [-0.39, 0.29) is 0 Å². The van der Waals surface area contributed by atoms with E-state index in [1.807, 2.05) is 6.07 Å². The number of hydrogen-bond acceptors (Lipinski definition) is 2. The lowest BCUT2D eigenvalue weighted by Gasteiger charge is -2.10. The second-order valence-electron chi connectivity index (χ2n) is 7.72. The van der Waals surface area contributed by atoms with Crippen LogP contribution in [0.1, 0.15) is 0 Å². The molecule has 4 heteroatoms. The van der Waals surface area contributed by atoms with E-state index in [2.05, 4.69) is 121 Å². The highest BCUT2D eigenvalue weighted by Gasteiger charge is 2.13. The Balaban J connectivity index is 1.60. The molecule has 0 aliphatic carbocycles. The SMILES string of the molecule is Brc1cc(-c2ccc3c4ccccc4n(-c4ccccc4)c3c2)cc(-c2ncccn2)c1. The molecule has 0 saturated carbocycles. The summed E-state index contributed by atoms with van der Waals surface area (Å²) >= 11 is 3.68. The van der Waals surface area contributed by atoms with Crippen molar-refractivity contribution in [2.24, 2.45) is 0 Å². The van der Waals surface area contributed by atoms with E-state index >= 15 is 0 Å². The molecule has 0 saturated heterocycles. The molecule has 0 fully saturated rings. The van der Waals surface area contributed by atoms with Gasteiger partial charge in [-0.05, 0) is 59.7 Å². The van der Waals surface area contributed by atoms with E-state index < -0.39 is 0 Å². The van der Waals surface area contributed by atoms with Crippen LogP contribution in [0.15, 0.2) is 114 Å². The first-order valence-electron chi connectivity index (χ1n) is 10.4. The van der Waals surface area contributed by atoms with Crippen LogP contribution in [-0.2, 0) is 0 Å². The van der Waals surface area contributed by atoms with Gasteiger partial charge in [-0.15, -0.1) is 0 Å². The fraction of sp³-hybridized carbons (Fsp3) is 0. The first-order valence-corrected chi connectivity index (χ1v) is 11.2. The van der Waals surface area contributed by atoms with Crippen molar-refractivity contribution in [1.29, 1.82) is 0 Å². The molecule has 6 aromatic rings. The maximum Gasteiger partial charge on any atom is 0.159 e. The van der Waals surface area contributed by atoms with Gasteiger partial charge in [0.2, 0.25) is 0 Å². The maximum atomic E-state index is 4.42. The monoisotopic (exact) mass is 475 g/mol. The number of nitrogens with zero attached hydrogens (tertiary/aromatic N) is 3. The van der Waals surface area contributed by atoms with Crippen LogP contribution in [0.25, 0.3) is 50.0 Å². The molecule has 0 N–H and O–H groups in total. The van der Waals surface area contributed by atoms with Crippen molar-refractivity contribution < 1.29 is 0 Å². The van der Waals surface area contributed by atoms with E-state index in [1.54, 1.807) is 12.4 Å². The summed E-state index contributed by atoms with van der Waals surface area (Å²) in [5.41, 5.74) is 6.80.